The van der Waals surface area contributed by atoms with E-state index < -0.39 is 0 Å². The van der Waals surface area contributed by atoms with Crippen LogP contribution >= 0.6 is 0 Å². The number of hydrogen-bond acceptors (Lipinski definition) is 4. The zero-order valence-electron chi connectivity index (χ0n) is 11.0. The lowest BCUT2D eigenvalue weighted by atomic mass is 10.2. The first-order valence-electron chi connectivity index (χ1n) is 5.79. The number of nitrogens with zero attached hydrogens (tertiary/aromatic N) is 2. The van der Waals surface area contributed by atoms with Gasteiger partial charge in [-0.3, -0.25) is 5.10 Å². The first kappa shape index (κ1) is 12.4. The molecule has 18 heavy (non-hydrogen) atoms. The maximum Gasteiger partial charge on any atom is 0.181 e. The van der Waals surface area contributed by atoms with E-state index in [2.05, 4.69) is 29.0 Å². The maximum absolute atomic E-state index is 5.23. The molecule has 1 heterocycles. The SMILES string of the molecule is COc1cc(OC)cc(-c2n[nH]c(C(C)C)n2)c1. The van der Waals surface area contributed by atoms with Crippen LogP contribution < -0.4 is 9.47 Å². The second kappa shape index (κ2) is 5.08. The molecule has 0 bridgehead atoms. The van der Waals surface area contributed by atoms with Crippen molar-refractivity contribution >= 4 is 0 Å². The van der Waals surface area contributed by atoms with E-state index in [1.807, 2.05) is 18.2 Å². The van der Waals surface area contributed by atoms with Crippen LogP contribution in [0, 0.1) is 0 Å². The minimum absolute atomic E-state index is 0.318. The molecule has 0 radical (unpaired) electrons. The van der Waals surface area contributed by atoms with Gasteiger partial charge in [-0.05, 0) is 12.1 Å². The molecule has 96 valence electrons. The lowest BCUT2D eigenvalue weighted by molar-refractivity contribution is 0.394. The first-order valence-corrected chi connectivity index (χ1v) is 5.79. The Balaban J connectivity index is 2.42. The zero-order valence-corrected chi connectivity index (χ0v) is 11.0. The van der Waals surface area contributed by atoms with Crippen LogP contribution in [0.4, 0.5) is 0 Å². The molecule has 2 rings (SSSR count). The topological polar surface area (TPSA) is 60.0 Å². The van der Waals surface area contributed by atoms with Crippen LogP contribution in [-0.4, -0.2) is 29.4 Å². The summed E-state index contributed by atoms with van der Waals surface area (Å²) >= 11 is 0. The van der Waals surface area contributed by atoms with Gasteiger partial charge in [-0.25, -0.2) is 4.98 Å². The summed E-state index contributed by atoms with van der Waals surface area (Å²) in [6.07, 6.45) is 0. The number of rotatable bonds is 4. The van der Waals surface area contributed by atoms with E-state index in [4.69, 9.17) is 9.47 Å². The Morgan fingerprint density at radius 2 is 1.67 bits per heavy atom. The molecule has 0 saturated heterocycles. The molecule has 0 fully saturated rings. The van der Waals surface area contributed by atoms with E-state index in [0.29, 0.717) is 11.7 Å². The summed E-state index contributed by atoms with van der Waals surface area (Å²) in [4.78, 5) is 4.45. The van der Waals surface area contributed by atoms with Gasteiger partial charge in [0.05, 0.1) is 14.2 Å². The third-order valence-electron chi connectivity index (χ3n) is 2.66. The Kier molecular flexibility index (Phi) is 3.50. The standard InChI is InChI=1S/C13H17N3O2/c1-8(2)12-14-13(16-15-12)9-5-10(17-3)7-11(6-9)18-4/h5-8H,1-4H3,(H,14,15,16). The molecule has 5 heteroatoms. The third-order valence-corrected chi connectivity index (χ3v) is 2.66. The van der Waals surface area contributed by atoms with Crippen molar-refractivity contribution in [3.05, 3.63) is 24.0 Å². The fourth-order valence-electron chi connectivity index (χ4n) is 1.60. The number of ether oxygens (including phenoxy) is 2. The molecule has 0 aliphatic rings. The number of H-pyrrole nitrogens is 1. The highest BCUT2D eigenvalue weighted by Gasteiger charge is 2.11. The number of benzene rings is 1. The minimum Gasteiger partial charge on any atom is -0.497 e. The number of aromatic nitrogens is 3. The second-order valence-corrected chi connectivity index (χ2v) is 4.30. The molecule has 1 aromatic carbocycles. The van der Waals surface area contributed by atoms with Crippen molar-refractivity contribution in [3.63, 3.8) is 0 Å². The van der Waals surface area contributed by atoms with E-state index in [9.17, 15) is 0 Å². The number of nitrogens with one attached hydrogen (secondary N) is 1. The van der Waals surface area contributed by atoms with Crippen LogP contribution in [0.5, 0.6) is 11.5 Å². The maximum atomic E-state index is 5.23. The monoisotopic (exact) mass is 247 g/mol. The molecule has 0 aliphatic carbocycles. The van der Waals surface area contributed by atoms with Gasteiger partial charge in [0.15, 0.2) is 5.82 Å². The summed E-state index contributed by atoms with van der Waals surface area (Å²) in [7, 11) is 3.24. The Morgan fingerprint density at radius 3 is 2.11 bits per heavy atom. The summed E-state index contributed by atoms with van der Waals surface area (Å²) < 4.78 is 10.5. The molecule has 0 amide bonds. The van der Waals surface area contributed by atoms with Gasteiger partial charge in [0.1, 0.15) is 17.3 Å². The van der Waals surface area contributed by atoms with E-state index in [1.54, 1.807) is 14.2 Å². The van der Waals surface area contributed by atoms with Crippen molar-refractivity contribution in [2.45, 2.75) is 19.8 Å². The summed E-state index contributed by atoms with van der Waals surface area (Å²) in [5.74, 6) is 3.28. The van der Waals surface area contributed by atoms with Gasteiger partial charge in [-0.2, -0.15) is 5.10 Å². The number of aromatic amines is 1. The predicted octanol–water partition coefficient (Wildman–Crippen LogP) is 2.61. The van der Waals surface area contributed by atoms with Crippen LogP contribution in [-0.2, 0) is 0 Å². The van der Waals surface area contributed by atoms with Gasteiger partial charge in [0, 0.05) is 17.5 Å². The normalized spacial score (nSPS) is 10.7. The van der Waals surface area contributed by atoms with E-state index in [1.165, 1.54) is 0 Å². The Labute approximate surface area is 106 Å². The minimum atomic E-state index is 0.318. The second-order valence-electron chi connectivity index (χ2n) is 4.30. The molecule has 1 N–H and O–H groups in total. The summed E-state index contributed by atoms with van der Waals surface area (Å²) in [5.41, 5.74) is 0.870. The Bertz CT molecular complexity index is 513. The van der Waals surface area contributed by atoms with Crippen molar-refractivity contribution in [2.24, 2.45) is 0 Å². The molecule has 0 aliphatic heterocycles. The van der Waals surface area contributed by atoms with Gasteiger partial charge in [0.2, 0.25) is 0 Å². The highest BCUT2D eigenvalue weighted by atomic mass is 16.5. The Morgan fingerprint density at radius 1 is 1.06 bits per heavy atom. The Hall–Kier alpha value is -2.04. The van der Waals surface area contributed by atoms with Crippen molar-refractivity contribution in [2.75, 3.05) is 14.2 Å². The third kappa shape index (κ3) is 2.45. The van der Waals surface area contributed by atoms with Crippen molar-refractivity contribution in [3.8, 4) is 22.9 Å². The number of methoxy groups -OCH3 is 2. The molecule has 0 spiro atoms. The predicted molar refractivity (Wildman–Crippen MR) is 69.0 cm³/mol. The molecular weight excluding hydrogens is 230 g/mol. The van der Waals surface area contributed by atoms with Crippen molar-refractivity contribution < 1.29 is 9.47 Å². The van der Waals surface area contributed by atoms with Gasteiger partial charge < -0.3 is 9.47 Å². The van der Waals surface area contributed by atoms with E-state index in [0.717, 1.165) is 22.9 Å². The lowest BCUT2D eigenvalue weighted by Crippen LogP contribution is -1.91. The molecule has 0 saturated carbocycles. The van der Waals surface area contributed by atoms with Crippen LogP contribution in [0.2, 0.25) is 0 Å². The smallest absolute Gasteiger partial charge is 0.181 e. The summed E-state index contributed by atoms with van der Waals surface area (Å²) in [6, 6.07) is 5.59. The van der Waals surface area contributed by atoms with Gasteiger partial charge in [-0.1, -0.05) is 13.8 Å². The highest BCUT2D eigenvalue weighted by Crippen LogP contribution is 2.28. The van der Waals surface area contributed by atoms with Crippen LogP contribution in [0.1, 0.15) is 25.6 Å². The zero-order chi connectivity index (χ0) is 13.1. The largest absolute Gasteiger partial charge is 0.497 e. The average molecular weight is 247 g/mol. The van der Waals surface area contributed by atoms with Crippen molar-refractivity contribution in [1.82, 2.24) is 15.2 Å². The molecule has 5 nitrogen and oxygen atoms in total. The highest BCUT2D eigenvalue weighted by molar-refractivity contribution is 5.60. The fourth-order valence-corrected chi connectivity index (χ4v) is 1.60. The molecule has 2 aromatic rings. The summed E-state index contributed by atoms with van der Waals surface area (Å²) in [5, 5.41) is 7.15. The van der Waals surface area contributed by atoms with Crippen LogP contribution in [0.15, 0.2) is 18.2 Å². The van der Waals surface area contributed by atoms with Gasteiger partial charge >= 0.3 is 0 Å². The lowest BCUT2D eigenvalue weighted by Gasteiger charge is -2.06. The molecular formula is C13H17N3O2. The molecule has 0 unspecified atom stereocenters. The average Bonchev–Trinajstić information content (AvgIpc) is 2.87. The van der Waals surface area contributed by atoms with Gasteiger partial charge in [0.25, 0.3) is 0 Å². The van der Waals surface area contributed by atoms with Crippen molar-refractivity contribution in [1.29, 1.82) is 0 Å². The molecule has 1 aromatic heterocycles. The van der Waals surface area contributed by atoms with E-state index in [-0.39, 0.29) is 0 Å². The van der Waals surface area contributed by atoms with Crippen LogP contribution in [0.25, 0.3) is 11.4 Å². The first-order chi connectivity index (χ1) is 8.63. The number of hydrogen-bond donors (Lipinski definition) is 1. The van der Waals surface area contributed by atoms with E-state index >= 15 is 0 Å². The fraction of sp³-hybridized carbons (Fsp3) is 0.385. The van der Waals surface area contributed by atoms with Crippen LogP contribution in [0.3, 0.4) is 0 Å². The van der Waals surface area contributed by atoms with Gasteiger partial charge in [-0.15, -0.1) is 0 Å². The summed E-state index contributed by atoms with van der Waals surface area (Å²) in [6.45, 7) is 4.13. The molecule has 0 atom stereocenters. The quantitative estimate of drug-likeness (QED) is 0.902.